The minimum Gasteiger partial charge on any atom is -0.494 e. The number of aldehydes is 1. The average Bonchev–Trinajstić information content (AvgIpc) is 2.43. The van der Waals surface area contributed by atoms with Gasteiger partial charge in [0.1, 0.15) is 12.0 Å². The Morgan fingerprint density at radius 1 is 0.944 bits per heavy atom. The van der Waals surface area contributed by atoms with E-state index >= 15 is 0 Å². The van der Waals surface area contributed by atoms with Crippen molar-refractivity contribution in [3.8, 4) is 5.75 Å². The van der Waals surface area contributed by atoms with Crippen molar-refractivity contribution in [3.63, 3.8) is 0 Å². The number of carbonyl (C=O) groups excluding carboxylic acids is 1. The molecule has 0 unspecified atom stereocenters. The van der Waals surface area contributed by atoms with E-state index in [1.165, 1.54) is 0 Å². The van der Waals surface area contributed by atoms with E-state index in [9.17, 15) is 4.79 Å². The quantitative estimate of drug-likeness (QED) is 0.767. The molecule has 0 N–H and O–H groups in total. The zero-order valence-electron chi connectivity index (χ0n) is 10.6. The molecule has 94 valence electrons. The first kappa shape index (κ1) is 14.0. The monoisotopic (exact) mass is 242 g/mol. The van der Waals surface area contributed by atoms with Crippen LogP contribution in [0.3, 0.4) is 0 Å². The van der Waals surface area contributed by atoms with Gasteiger partial charge in [0.25, 0.3) is 0 Å². The Bertz CT molecular complexity index is 423. The summed E-state index contributed by atoms with van der Waals surface area (Å²) in [7, 11) is 0. The fraction of sp³-hybridized carbons (Fsp3) is 0.188. The molecule has 0 heterocycles. The molecule has 0 amide bonds. The maximum atomic E-state index is 9.97. The molecule has 0 saturated carbocycles. The van der Waals surface area contributed by atoms with E-state index in [2.05, 4.69) is 0 Å². The van der Waals surface area contributed by atoms with Crippen LogP contribution in [-0.2, 0) is 11.2 Å². The van der Waals surface area contributed by atoms with Crippen molar-refractivity contribution in [1.82, 2.24) is 0 Å². The first-order valence-corrected chi connectivity index (χ1v) is 6.02. The lowest BCUT2D eigenvalue weighted by Crippen LogP contribution is -1.89. The van der Waals surface area contributed by atoms with E-state index in [0.717, 1.165) is 24.2 Å². The van der Waals surface area contributed by atoms with Gasteiger partial charge in [0.05, 0.1) is 6.61 Å². The van der Waals surface area contributed by atoms with Crippen molar-refractivity contribution in [2.45, 2.75) is 13.3 Å². The zero-order chi connectivity index (χ0) is 13.1. The molecule has 2 heteroatoms. The van der Waals surface area contributed by atoms with Gasteiger partial charge in [-0.05, 0) is 24.6 Å². The van der Waals surface area contributed by atoms with Crippen LogP contribution in [0.25, 0.3) is 0 Å². The molecular formula is C16H18O2. The molecule has 2 aromatic rings. The van der Waals surface area contributed by atoms with E-state index in [0.29, 0.717) is 6.42 Å². The number of carbonyl (C=O) groups is 1. The van der Waals surface area contributed by atoms with E-state index in [1.807, 2.05) is 67.6 Å². The second kappa shape index (κ2) is 8.99. The third kappa shape index (κ3) is 5.85. The van der Waals surface area contributed by atoms with Crippen molar-refractivity contribution < 1.29 is 9.53 Å². The molecule has 0 spiro atoms. The van der Waals surface area contributed by atoms with E-state index in [1.54, 1.807) is 0 Å². The average molecular weight is 242 g/mol. The van der Waals surface area contributed by atoms with Crippen LogP contribution in [0.1, 0.15) is 12.5 Å². The molecule has 0 aromatic heterocycles. The Labute approximate surface area is 108 Å². The maximum absolute atomic E-state index is 9.97. The van der Waals surface area contributed by atoms with Crippen LogP contribution < -0.4 is 4.74 Å². The highest BCUT2D eigenvalue weighted by Crippen LogP contribution is 2.06. The SMILES string of the molecule is CCOc1ccccc1.O=CCc1ccccc1. The third-order valence-electron chi connectivity index (χ3n) is 2.22. The number of para-hydroxylation sites is 1. The number of ether oxygens (including phenoxy) is 1. The second-order valence-electron chi connectivity index (χ2n) is 3.60. The van der Waals surface area contributed by atoms with Crippen LogP contribution in [0.5, 0.6) is 5.75 Å². The maximum Gasteiger partial charge on any atom is 0.124 e. The molecule has 0 aliphatic heterocycles. The summed E-state index contributed by atoms with van der Waals surface area (Å²) in [6.45, 7) is 2.72. The summed E-state index contributed by atoms with van der Waals surface area (Å²) in [5.74, 6) is 0.944. The molecule has 18 heavy (non-hydrogen) atoms. The molecule has 0 fully saturated rings. The summed E-state index contributed by atoms with van der Waals surface area (Å²) >= 11 is 0. The van der Waals surface area contributed by atoms with Crippen LogP contribution in [0.15, 0.2) is 60.7 Å². The van der Waals surface area contributed by atoms with Crippen LogP contribution in [-0.4, -0.2) is 12.9 Å². The first-order valence-electron chi connectivity index (χ1n) is 6.02. The topological polar surface area (TPSA) is 26.3 Å². The lowest BCUT2D eigenvalue weighted by Gasteiger charge is -1.99. The highest BCUT2D eigenvalue weighted by molar-refractivity contribution is 5.54. The largest absolute Gasteiger partial charge is 0.494 e. The molecule has 2 rings (SSSR count). The Morgan fingerprint density at radius 3 is 2.00 bits per heavy atom. The molecule has 0 radical (unpaired) electrons. The molecule has 0 bridgehead atoms. The Kier molecular flexibility index (Phi) is 6.98. The van der Waals surface area contributed by atoms with Crippen LogP contribution in [0.4, 0.5) is 0 Å². The minimum absolute atomic E-state index is 0.529. The molecule has 0 atom stereocenters. The van der Waals surface area contributed by atoms with E-state index in [-0.39, 0.29) is 0 Å². The van der Waals surface area contributed by atoms with Crippen molar-refractivity contribution >= 4 is 6.29 Å². The number of rotatable bonds is 4. The van der Waals surface area contributed by atoms with Crippen molar-refractivity contribution in [2.24, 2.45) is 0 Å². The standard InChI is InChI=1S/C8H10O.C8H8O/c1-2-9-8-6-4-3-5-7-8;9-7-6-8-4-2-1-3-5-8/h3-7H,2H2,1H3;1-5,7H,6H2. The molecule has 0 saturated heterocycles. The van der Waals surface area contributed by atoms with Gasteiger partial charge in [0.15, 0.2) is 0 Å². The summed E-state index contributed by atoms with van der Waals surface area (Å²) < 4.78 is 5.21. The van der Waals surface area contributed by atoms with Gasteiger partial charge in [0, 0.05) is 6.42 Å². The van der Waals surface area contributed by atoms with Crippen molar-refractivity contribution in [3.05, 3.63) is 66.2 Å². The van der Waals surface area contributed by atoms with Crippen LogP contribution in [0, 0.1) is 0 Å². The number of benzene rings is 2. The van der Waals surface area contributed by atoms with Crippen LogP contribution in [0.2, 0.25) is 0 Å². The molecule has 0 aliphatic rings. The third-order valence-corrected chi connectivity index (χ3v) is 2.22. The van der Waals surface area contributed by atoms with Gasteiger partial charge in [-0.3, -0.25) is 0 Å². The number of hydrogen-bond acceptors (Lipinski definition) is 2. The zero-order valence-corrected chi connectivity index (χ0v) is 10.6. The normalized spacial score (nSPS) is 8.94. The predicted octanol–water partition coefficient (Wildman–Crippen LogP) is 3.51. The summed E-state index contributed by atoms with van der Waals surface area (Å²) in [5.41, 5.74) is 1.08. The predicted molar refractivity (Wildman–Crippen MR) is 73.8 cm³/mol. The van der Waals surface area contributed by atoms with Crippen molar-refractivity contribution in [1.29, 1.82) is 0 Å². The molecule has 2 nitrogen and oxygen atoms in total. The summed E-state index contributed by atoms with van der Waals surface area (Å²) in [6, 6.07) is 19.5. The number of hydrogen-bond donors (Lipinski definition) is 0. The fourth-order valence-electron chi connectivity index (χ4n) is 1.39. The van der Waals surface area contributed by atoms with Crippen LogP contribution >= 0.6 is 0 Å². The highest BCUT2D eigenvalue weighted by atomic mass is 16.5. The lowest BCUT2D eigenvalue weighted by atomic mass is 10.2. The second-order valence-corrected chi connectivity index (χ2v) is 3.60. The van der Waals surface area contributed by atoms with E-state index < -0.39 is 0 Å². The molecule has 0 aliphatic carbocycles. The van der Waals surface area contributed by atoms with E-state index in [4.69, 9.17) is 4.74 Å². The Morgan fingerprint density at radius 2 is 1.50 bits per heavy atom. The fourth-order valence-corrected chi connectivity index (χ4v) is 1.39. The Hall–Kier alpha value is -2.09. The minimum atomic E-state index is 0.529. The van der Waals surface area contributed by atoms with Crippen molar-refractivity contribution in [2.75, 3.05) is 6.61 Å². The Balaban J connectivity index is 0.000000180. The van der Waals surface area contributed by atoms with Gasteiger partial charge >= 0.3 is 0 Å². The van der Waals surface area contributed by atoms with Gasteiger partial charge in [-0.1, -0.05) is 48.5 Å². The molecular weight excluding hydrogens is 224 g/mol. The van der Waals surface area contributed by atoms with Gasteiger partial charge < -0.3 is 9.53 Å². The first-order chi connectivity index (χ1) is 8.86. The lowest BCUT2D eigenvalue weighted by molar-refractivity contribution is -0.107. The van der Waals surface area contributed by atoms with Gasteiger partial charge in [-0.2, -0.15) is 0 Å². The van der Waals surface area contributed by atoms with Gasteiger partial charge in [0.2, 0.25) is 0 Å². The molecule has 2 aromatic carbocycles. The highest BCUT2D eigenvalue weighted by Gasteiger charge is 1.85. The van der Waals surface area contributed by atoms with Gasteiger partial charge in [-0.15, -0.1) is 0 Å². The van der Waals surface area contributed by atoms with Gasteiger partial charge in [-0.25, -0.2) is 0 Å². The summed E-state index contributed by atoms with van der Waals surface area (Å²) in [4.78, 5) is 9.97. The summed E-state index contributed by atoms with van der Waals surface area (Å²) in [6.07, 6.45) is 1.44. The smallest absolute Gasteiger partial charge is 0.124 e. The summed E-state index contributed by atoms with van der Waals surface area (Å²) in [5, 5.41) is 0.